The molecular weight excluding hydrogens is 1060 g/mol. The van der Waals surface area contributed by atoms with Gasteiger partial charge in [0.15, 0.2) is 5.96 Å². The Labute approximate surface area is 464 Å². The Morgan fingerprint density at radius 2 is 1.49 bits per heavy atom. The van der Waals surface area contributed by atoms with Gasteiger partial charge in [0, 0.05) is 54.0 Å². The maximum atomic E-state index is 14.8. The first kappa shape index (κ1) is 60.4. The number of nitrogens with one attached hydrogen (secondary N) is 6. The van der Waals surface area contributed by atoms with Crippen LogP contribution in [0.1, 0.15) is 88.3 Å². The summed E-state index contributed by atoms with van der Waals surface area (Å²) in [5, 5.41) is 22.7. The molecule has 0 radical (unpaired) electrons. The van der Waals surface area contributed by atoms with E-state index >= 15 is 0 Å². The zero-order chi connectivity index (χ0) is 57.2. The van der Waals surface area contributed by atoms with Crippen molar-refractivity contribution in [1.82, 2.24) is 36.5 Å². The van der Waals surface area contributed by atoms with E-state index in [1.54, 1.807) is 33.0 Å². The molecule has 1 saturated heterocycles. The Balaban J connectivity index is 1.16. The van der Waals surface area contributed by atoms with Crippen LogP contribution < -0.4 is 43.8 Å². The summed E-state index contributed by atoms with van der Waals surface area (Å²) >= 11 is 0. The summed E-state index contributed by atoms with van der Waals surface area (Å²) in [4.78, 5) is 129. The number of hydrogen-bond donors (Lipinski definition) is 10. The van der Waals surface area contributed by atoms with Crippen molar-refractivity contribution in [3.8, 4) is 11.1 Å². The molecule has 0 saturated carbocycles. The summed E-state index contributed by atoms with van der Waals surface area (Å²) in [7, 11) is 2.36. The Bertz CT molecular complexity index is 2840. The van der Waals surface area contributed by atoms with E-state index < -0.39 is 102 Å². The van der Waals surface area contributed by atoms with Gasteiger partial charge >= 0.3 is 18.0 Å². The largest absolute Gasteiger partial charge is 0.481 e. The summed E-state index contributed by atoms with van der Waals surface area (Å²) < 4.78 is 11.2. The molecule has 4 aromatic rings. The first-order valence-electron chi connectivity index (χ1n) is 25.9. The van der Waals surface area contributed by atoms with Crippen LogP contribution >= 0.6 is 21.6 Å². The highest BCUT2D eigenvalue weighted by Crippen LogP contribution is 2.44. The highest BCUT2D eigenvalue weighted by Gasteiger charge is 2.40. The van der Waals surface area contributed by atoms with Crippen LogP contribution in [0.2, 0.25) is 0 Å². The van der Waals surface area contributed by atoms with Crippen LogP contribution in [0.4, 0.5) is 4.79 Å². The number of ether oxygens (including phenoxy) is 2. The molecule has 13 N–H and O–H groups in total. The van der Waals surface area contributed by atoms with E-state index in [9.17, 15) is 43.2 Å². The summed E-state index contributed by atoms with van der Waals surface area (Å²) in [5.74, 6) is -6.76. The number of guanidine groups is 1. The third kappa shape index (κ3) is 17.9. The first-order valence-corrected chi connectivity index (χ1v) is 28.3. The fourth-order valence-corrected chi connectivity index (χ4v) is 11.4. The maximum Gasteiger partial charge on any atom is 0.407 e. The number of carbonyl (C=O) groups excluding carboxylic acids is 8. The van der Waals surface area contributed by atoms with Crippen molar-refractivity contribution in [2.75, 3.05) is 37.7 Å². The Hall–Kier alpha value is -7.80. The number of nitrogens with zero attached hydrogens (tertiary/aromatic N) is 2. The number of rotatable bonds is 28. The zero-order valence-electron chi connectivity index (χ0n) is 44.3. The van der Waals surface area contributed by atoms with Gasteiger partial charge in [-0.2, -0.15) is 0 Å². The Kier molecular flexibility index (Phi) is 22.0. The quantitative estimate of drug-likeness (QED) is 0.0128. The van der Waals surface area contributed by atoms with Crippen molar-refractivity contribution in [3.05, 3.63) is 95.7 Å². The molecule has 79 heavy (non-hydrogen) atoms. The van der Waals surface area contributed by atoms with Crippen molar-refractivity contribution in [2.24, 2.45) is 22.2 Å². The van der Waals surface area contributed by atoms with Crippen molar-refractivity contribution in [1.29, 1.82) is 0 Å². The molecule has 0 bridgehead atoms. The number of aliphatic carboxylic acids is 1. The molecule has 3 aromatic carbocycles. The molecule has 1 aliphatic heterocycles. The smallest absolute Gasteiger partial charge is 0.407 e. The van der Waals surface area contributed by atoms with Gasteiger partial charge in [-0.05, 0) is 86.8 Å². The summed E-state index contributed by atoms with van der Waals surface area (Å²) in [6, 6.07) is 16.4. The molecule has 5 atom stereocenters. The number of aliphatic imine (C=N–C) groups is 1. The standard InChI is InChI=1S/C54H69N11O12S2/c1-54(2,3)77-46(69)26-40(61-44(66)28-60-48(71)39(19-10-11-22-58-52(56)57)64-53(75)76-29-37-35-16-6-4-14-33(35)34-15-5-7-17-36(34)37)49(72)62-41(25-31-27-59-38-18-9-8-13-32(31)38)51(74)65-23-12-20-43(65)50(73)63-42(47(55)70)30-79-78-24-21-45(67)68/h4-9,13-18,27,37,39-43,59H,10-12,19-26,28-30H2,1-3H3,(H2,55,70)(H,60,71)(H,61,66)(H,62,72)(H,63,73)(H,64,75)(H,67,68)(H4,56,57,58)/t39-,40+,41+,42+,43+/m1/s1. The van der Waals surface area contributed by atoms with E-state index in [4.69, 9.17) is 31.8 Å². The minimum absolute atomic E-state index is 0.0274. The van der Waals surface area contributed by atoms with Crippen molar-refractivity contribution in [3.63, 3.8) is 0 Å². The normalized spacial score (nSPS) is 15.3. The lowest BCUT2D eigenvalue weighted by Crippen LogP contribution is -2.59. The average molecular weight is 1130 g/mol. The number of aromatic amines is 1. The van der Waals surface area contributed by atoms with E-state index in [-0.39, 0.29) is 68.8 Å². The number of primary amides is 1. The number of alkyl carbamates (subject to hydrolysis) is 1. The highest BCUT2D eigenvalue weighted by atomic mass is 33.1. The molecule has 2 heterocycles. The first-order chi connectivity index (χ1) is 37.7. The predicted molar refractivity (Wildman–Crippen MR) is 299 cm³/mol. The van der Waals surface area contributed by atoms with Crippen LogP contribution in [-0.2, 0) is 54.3 Å². The average Bonchev–Trinajstić information content (AvgIpc) is 4.14. The second kappa shape index (κ2) is 28.7. The van der Waals surface area contributed by atoms with Crippen LogP contribution in [0.25, 0.3) is 22.0 Å². The Morgan fingerprint density at radius 1 is 0.810 bits per heavy atom. The molecule has 1 fully saturated rings. The minimum atomic E-state index is -1.66. The number of unbranched alkanes of at least 4 members (excludes halogenated alkanes) is 1. The number of aromatic nitrogens is 1. The topological polar surface area (TPSA) is 362 Å². The number of H-pyrrole nitrogens is 1. The summed E-state index contributed by atoms with van der Waals surface area (Å²) in [6.45, 7) is 4.46. The summed E-state index contributed by atoms with van der Waals surface area (Å²) in [6.07, 6.45) is 1.39. The number of hydrogen-bond acceptors (Lipinski definition) is 14. The van der Waals surface area contributed by atoms with Gasteiger partial charge in [-0.15, -0.1) is 0 Å². The number of para-hydroxylation sites is 1. The van der Waals surface area contributed by atoms with Crippen molar-refractivity contribution in [2.45, 2.75) is 114 Å². The molecule has 1 aliphatic carbocycles. The fraction of sp³-hybridized carbons (Fsp3) is 0.444. The van der Waals surface area contributed by atoms with Gasteiger partial charge in [0.05, 0.1) is 19.4 Å². The maximum absolute atomic E-state index is 14.8. The van der Waals surface area contributed by atoms with E-state index in [1.807, 2.05) is 66.7 Å². The van der Waals surface area contributed by atoms with Crippen LogP contribution in [0, 0.1) is 0 Å². The monoisotopic (exact) mass is 1130 g/mol. The molecule has 6 rings (SSSR count). The number of nitrogens with two attached hydrogens (primary N) is 3. The number of amides is 7. The molecule has 0 spiro atoms. The molecule has 2 aliphatic rings. The predicted octanol–water partition coefficient (Wildman–Crippen LogP) is 2.70. The zero-order valence-corrected chi connectivity index (χ0v) is 45.9. The fourth-order valence-electron chi connectivity index (χ4n) is 9.28. The second-order valence-electron chi connectivity index (χ2n) is 20.0. The number of carboxylic acids is 1. The van der Waals surface area contributed by atoms with Gasteiger partial charge in [0.25, 0.3) is 0 Å². The van der Waals surface area contributed by atoms with Gasteiger partial charge < -0.3 is 68.2 Å². The molecule has 424 valence electrons. The van der Waals surface area contributed by atoms with E-state index in [2.05, 4.69) is 36.6 Å². The van der Waals surface area contributed by atoms with Gasteiger partial charge in [0.2, 0.25) is 35.4 Å². The number of likely N-dealkylation sites (tertiary alicyclic amines) is 1. The third-order valence-corrected chi connectivity index (χ3v) is 15.4. The molecule has 23 nitrogen and oxygen atoms in total. The van der Waals surface area contributed by atoms with E-state index in [1.165, 1.54) is 15.7 Å². The second-order valence-corrected chi connectivity index (χ2v) is 22.6. The summed E-state index contributed by atoms with van der Waals surface area (Å²) in [5.41, 5.74) is 21.0. The number of benzene rings is 3. The Morgan fingerprint density at radius 3 is 2.16 bits per heavy atom. The SMILES string of the molecule is CC(C)(C)OC(=O)C[C@H](NC(=O)CNC(=O)[C@@H](CCCCN=C(N)N)NC(=O)OCC1c2ccccc2-c2ccccc21)C(=O)N[C@@H](Cc1c[nH]c2ccccc12)C(=O)N1CCC[C@H]1C(=O)N[C@@H](CSSCCC(=O)O)C(N)=O. The van der Waals surface area contributed by atoms with Crippen LogP contribution in [0.15, 0.2) is 84.0 Å². The molecule has 7 amide bonds. The third-order valence-electron chi connectivity index (χ3n) is 12.9. The number of esters is 1. The van der Waals surface area contributed by atoms with Gasteiger partial charge in [-0.1, -0.05) is 88.3 Å². The van der Waals surface area contributed by atoms with Crippen LogP contribution in [0.5, 0.6) is 0 Å². The number of carbonyl (C=O) groups is 9. The highest BCUT2D eigenvalue weighted by molar-refractivity contribution is 8.76. The molecule has 1 aromatic heterocycles. The van der Waals surface area contributed by atoms with Gasteiger partial charge in [-0.3, -0.25) is 43.3 Å². The van der Waals surface area contributed by atoms with Crippen molar-refractivity contribution < 1.29 is 57.7 Å². The van der Waals surface area contributed by atoms with Crippen LogP contribution in [-0.4, -0.2) is 148 Å². The molecular formula is C54H69N11O12S2. The van der Waals surface area contributed by atoms with E-state index in [0.29, 0.717) is 24.8 Å². The van der Waals surface area contributed by atoms with Crippen LogP contribution in [0.3, 0.4) is 0 Å². The number of fused-ring (bicyclic) bond motifs is 4. The van der Waals surface area contributed by atoms with Gasteiger partial charge in [0.1, 0.15) is 42.4 Å². The van der Waals surface area contributed by atoms with Gasteiger partial charge in [-0.25, -0.2) is 4.79 Å². The lowest BCUT2D eigenvalue weighted by Gasteiger charge is -2.30. The number of carboxylic acid groups (broad SMARTS) is 1. The lowest BCUT2D eigenvalue weighted by molar-refractivity contribution is -0.156. The molecule has 25 heteroatoms. The minimum Gasteiger partial charge on any atom is -0.481 e. The van der Waals surface area contributed by atoms with E-state index in [0.717, 1.165) is 44.0 Å². The lowest BCUT2D eigenvalue weighted by atomic mass is 9.98. The molecule has 0 unspecified atom stereocenters. The van der Waals surface area contributed by atoms with Crippen molar-refractivity contribution >= 4 is 91.9 Å².